The summed E-state index contributed by atoms with van der Waals surface area (Å²) in [6, 6.07) is 3.83. The van der Waals surface area contributed by atoms with Crippen LogP contribution in [-0.4, -0.2) is 12.1 Å². The Labute approximate surface area is 96.5 Å². The smallest absolute Gasteiger partial charge is 0.217 e. The number of hydrogen-bond donors (Lipinski definition) is 2. The SMILES string of the molecule is C=C(CC)CC(NN)c1cccnc1OC. The molecule has 0 bridgehead atoms. The van der Waals surface area contributed by atoms with E-state index in [0.29, 0.717) is 5.88 Å². The van der Waals surface area contributed by atoms with Crippen LogP contribution in [-0.2, 0) is 0 Å². The van der Waals surface area contributed by atoms with Crippen molar-refractivity contribution in [2.24, 2.45) is 5.84 Å². The molecule has 1 heterocycles. The average Bonchev–Trinajstić information content (AvgIpc) is 2.35. The quantitative estimate of drug-likeness (QED) is 0.438. The monoisotopic (exact) mass is 221 g/mol. The Morgan fingerprint density at radius 1 is 1.69 bits per heavy atom. The van der Waals surface area contributed by atoms with Crippen LogP contribution in [0.25, 0.3) is 0 Å². The molecule has 1 unspecified atom stereocenters. The number of rotatable bonds is 6. The van der Waals surface area contributed by atoms with E-state index in [1.165, 1.54) is 0 Å². The molecule has 4 heteroatoms. The number of aromatic nitrogens is 1. The van der Waals surface area contributed by atoms with E-state index < -0.39 is 0 Å². The Morgan fingerprint density at radius 3 is 3.00 bits per heavy atom. The normalized spacial score (nSPS) is 12.2. The second-order valence-electron chi connectivity index (χ2n) is 3.63. The lowest BCUT2D eigenvalue weighted by Crippen LogP contribution is -2.28. The van der Waals surface area contributed by atoms with E-state index in [-0.39, 0.29) is 6.04 Å². The molecular weight excluding hydrogens is 202 g/mol. The fourth-order valence-electron chi connectivity index (χ4n) is 1.53. The molecule has 16 heavy (non-hydrogen) atoms. The molecule has 0 aliphatic carbocycles. The molecule has 4 nitrogen and oxygen atoms in total. The summed E-state index contributed by atoms with van der Waals surface area (Å²) in [4.78, 5) is 4.15. The predicted molar refractivity (Wildman–Crippen MR) is 64.9 cm³/mol. The molecule has 0 saturated carbocycles. The lowest BCUT2D eigenvalue weighted by molar-refractivity contribution is 0.382. The van der Waals surface area contributed by atoms with Crippen molar-refractivity contribution < 1.29 is 4.74 Å². The third kappa shape index (κ3) is 3.05. The molecule has 1 rings (SSSR count). The summed E-state index contributed by atoms with van der Waals surface area (Å²) in [5.74, 6) is 6.16. The first kappa shape index (κ1) is 12.7. The number of methoxy groups -OCH3 is 1. The molecule has 1 atom stereocenters. The van der Waals surface area contributed by atoms with Crippen LogP contribution < -0.4 is 16.0 Å². The van der Waals surface area contributed by atoms with Crippen LogP contribution in [0.3, 0.4) is 0 Å². The van der Waals surface area contributed by atoms with E-state index >= 15 is 0 Å². The van der Waals surface area contributed by atoms with Gasteiger partial charge in [-0.25, -0.2) is 4.98 Å². The van der Waals surface area contributed by atoms with Crippen molar-refractivity contribution >= 4 is 0 Å². The predicted octanol–water partition coefficient (Wildman–Crippen LogP) is 1.95. The Bertz CT molecular complexity index is 352. The summed E-state index contributed by atoms with van der Waals surface area (Å²) in [6.45, 7) is 6.06. The standard InChI is InChI=1S/C12H19N3O/c1-4-9(2)8-11(15-13)10-6-5-7-14-12(10)16-3/h5-7,11,15H,2,4,8,13H2,1,3H3. The van der Waals surface area contributed by atoms with E-state index in [4.69, 9.17) is 10.6 Å². The third-order valence-corrected chi connectivity index (χ3v) is 2.56. The Kier molecular flexibility index (Phi) is 4.95. The topological polar surface area (TPSA) is 60.2 Å². The maximum Gasteiger partial charge on any atom is 0.217 e. The molecule has 3 N–H and O–H groups in total. The van der Waals surface area contributed by atoms with Gasteiger partial charge in [0.2, 0.25) is 5.88 Å². The number of nitrogens with two attached hydrogens (primary N) is 1. The van der Waals surface area contributed by atoms with Gasteiger partial charge >= 0.3 is 0 Å². The molecule has 0 spiro atoms. The minimum absolute atomic E-state index is 0.00361. The highest BCUT2D eigenvalue weighted by Crippen LogP contribution is 2.26. The van der Waals surface area contributed by atoms with Crippen LogP contribution in [0.2, 0.25) is 0 Å². The van der Waals surface area contributed by atoms with Crippen molar-refractivity contribution in [1.82, 2.24) is 10.4 Å². The van der Waals surface area contributed by atoms with Crippen LogP contribution in [0.5, 0.6) is 5.88 Å². The maximum atomic E-state index is 5.56. The van der Waals surface area contributed by atoms with Crippen molar-refractivity contribution in [3.63, 3.8) is 0 Å². The Morgan fingerprint density at radius 2 is 2.44 bits per heavy atom. The van der Waals surface area contributed by atoms with Gasteiger partial charge in [-0.1, -0.05) is 25.1 Å². The molecule has 88 valence electrons. The van der Waals surface area contributed by atoms with E-state index in [0.717, 1.165) is 24.0 Å². The van der Waals surface area contributed by atoms with Gasteiger partial charge in [0.15, 0.2) is 0 Å². The second-order valence-corrected chi connectivity index (χ2v) is 3.63. The van der Waals surface area contributed by atoms with Crippen molar-refractivity contribution in [1.29, 1.82) is 0 Å². The summed E-state index contributed by atoms with van der Waals surface area (Å²) >= 11 is 0. The number of pyridine rings is 1. The van der Waals surface area contributed by atoms with Gasteiger partial charge in [0, 0.05) is 11.8 Å². The number of ether oxygens (including phenoxy) is 1. The zero-order valence-electron chi connectivity index (χ0n) is 9.86. The number of hydrogen-bond acceptors (Lipinski definition) is 4. The zero-order valence-corrected chi connectivity index (χ0v) is 9.86. The lowest BCUT2D eigenvalue weighted by atomic mass is 10.00. The fraction of sp³-hybridized carbons (Fsp3) is 0.417. The van der Waals surface area contributed by atoms with Gasteiger partial charge in [0.1, 0.15) is 0 Å². The van der Waals surface area contributed by atoms with Gasteiger partial charge in [-0.05, 0) is 18.9 Å². The molecule has 0 aromatic carbocycles. The van der Waals surface area contributed by atoms with E-state index in [2.05, 4.69) is 23.9 Å². The lowest BCUT2D eigenvalue weighted by Gasteiger charge is -2.18. The summed E-state index contributed by atoms with van der Waals surface area (Å²) in [5, 5.41) is 0. The Hall–Kier alpha value is -1.39. The minimum atomic E-state index is -0.00361. The van der Waals surface area contributed by atoms with Gasteiger partial charge < -0.3 is 4.74 Å². The van der Waals surface area contributed by atoms with Crippen molar-refractivity contribution in [3.8, 4) is 5.88 Å². The number of hydrazine groups is 1. The highest BCUT2D eigenvalue weighted by atomic mass is 16.5. The number of nitrogens with zero attached hydrogens (tertiary/aromatic N) is 1. The zero-order chi connectivity index (χ0) is 12.0. The van der Waals surface area contributed by atoms with Gasteiger partial charge in [-0.2, -0.15) is 0 Å². The van der Waals surface area contributed by atoms with Gasteiger partial charge in [0.25, 0.3) is 0 Å². The van der Waals surface area contributed by atoms with Gasteiger partial charge in [-0.15, -0.1) is 0 Å². The van der Waals surface area contributed by atoms with Crippen LogP contribution in [0.15, 0.2) is 30.5 Å². The highest BCUT2D eigenvalue weighted by molar-refractivity contribution is 5.29. The summed E-state index contributed by atoms with van der Waals surface area (Å²) in [6.07, 6.45) is 3.43. The maximum absolute atomic E-state index is 5.56. The molecule has 0 radical (unpaired) electrons. The van der Waals surface area contributed by atoms with Crippen LogP contribution in [0, 0.1) is 0 Å². The number of nitrogens with one attached hydrogen (secondary N) is 1. The summed E-state index contributed by atoms with van der Waals surface area (Å²) < 4.78 is 5.21. The van der Waals surface area contributed by atoms with E-state index in [1.54, 1.807) is 13.3 Å². The van der Waals surface area contributed by atoms with Crippen LogP contribution in [0.1, 0.15) is 31.4 Å². The summed E-state index contributed by atoms with van der Waals surface area (Å²) in [5.41, 5.74) is 4.88. The average molecular weight is 221 g/mol. The first-order chi connectivity index (χ1) is 7.72. The molecule has 1 aromatic rings. The second kappa shape index (κ2) is 6.25. The first-order valence-corrected chi connectivity index (χ1v) is 5.34. The molecule has 1 aromatic heterocycles. The first-order valence-electron chi connectivity index (χ1n) is 5.34. The molecule has 0 fully saturated rings. The Balaban J connectivity index is 2.89. The molecular formula is C12H19N3O. The molecule has 0 aliphatic rings. The minimum Gasteiger partial charge on any atom is -0.481 e. The molecule has 0 amide bonds. The van der Waals surface area contributed by atoms with Crippen LogP contribution >= 0.6 is 0 Å². The van der Waals surface area contributed by atoms with Crippen LogP contribution in [0.4, 0.5) is 0 Å². The van der Waals surface area contributed by atoms with Gasteiger partial charge in [0.05, 0.1) is 13.2 Å². The largest absolute Gasteiger partial charge is 0.481 e. The third-order valence-electron chi connectivity index (χ3n) is 2.56. The van der Waals surface area contributed by atoms with E-state index in [9.17, 15) is 0 Å². The van der Waals surface area contributed by atoms with Gasteiger partial charge in [-0.3, -0.25) is 11.3 Å². The highest BCUT2D eigenvalue weighted by Gasteiger charge is 2.15. The molecule has 0 aliphatic heterocycles. The van der Waals surface area contributed by atoms with E-state index in [1.807, 2.05) is 12.1 Å². The summed E-state index contributed by atoms with van der Waals surface area (Å²) in [7, 11) is 1.61. The fourth-order valence-corrected chi connectivity index (χ4v) is 1.53. The molecule has 0 saturated heterocycles. The van der Waals surface area contributed by atoms with Crippen molar-refractivity contribution in [3.05, 3.63) is 36.0 Å². The van der Waals surface area contributed by atoms with Crippen molar-refractivity contribution in [2.45, 2.75) is 25.8 Å². The van der Waals surface area contributed by atoms with Crippen molar-refractivity contribution in [2.75, 3.05) is 7.11 Å².